The van der Waals surface area contributed by atoms with E-state index in [4.69, 9.17) is 19.8 Å². The molecule has 0 atom stereocenters. The quantitative estimate of drug-likeness (QED) is 0.901. The Morgan fingerprint density at radius 3 is 2.76 bits per heavy atom. The number of hydrogen-bond donors (Lipinski definition) is 1. The van der Waals surface area contributed by atoms with Crippen LogP contribution in [-0.2, 0) is 4.79 Å². The zero-order valence-electron chi connectivity index (χ0n) is 9.07. The van der Waals surface area contributed by atoms with Crippen molar-refractivity contribution in [1.82, 2.24) is 0 Å². The zero-order valence-corrected chi connectivity index (χ0v) is 10.7. The lowest BCUT2D eigenvalue weighted by molar-refractivity contribution is -0.139. The molecule has 0 saturated carbocycles. The minimum atomic E-state index is -1.08. The van der Waals surface area contributed by atoms with E-state index in [1.54, 1.807) is 13.0 Å². The molecule has 0 spiro atoms. The number of aliphatic carboxylic acids is 1. The normalized spacial score (nSPS) is 9.47. The van der Waals surface area contributed by atoms with Crippen LogP contribution in [0.3, 0.4) is 0 Å². The highest BCUT2D eigenvalue weighted by Crippen LogP contribution is 2.36. The van der Waals surface area contributed by atoms with Gasteiger partial charge >= 0.3 is 5.97 Å². The van der Waals surface area contributed by atoms with E-state index in [2.05, 4.69) is 15.9 Å². The summed E-state index contributed by atoms with van der Waals surface area (Å²) in [6, 6.07) is 5.02. The van der Waals surface area contributed by atoms with Gasteiger partial charge in [0.15, 0.2) is 18.1 Å². The Labute approximate surface area is 107 Å². The standard InChI is InChI=1S/C11H10BrNO4/c1-2-16-9-4-7(5-13)3-8(12)11(9)17-6-10(14)15/h3-4H,2,6H2,1H3,(H,14,15). The Balaban J connectivity index is 3.08. The average molecular weight is 300 g/mol. The SMILES string of the molecule is CCOc1cc(C#N)cc(Br)c1OCC(=O)O. The van der Waals surface area contributed by atoms with E-state index in [0.717, 1.165) is 0 Å². The van der Waals surface area contributed by atoms with Gasteiger partial charge in [0.1, 0.15) is 0 Å². The Hall–Kier alpha value is -1.74. The Bertz CT molecular complexity index is 467. The third-order valence-corrected chi connectivity index (χ3v) is 2.37. The minimum absolute atomic E-state index is 0.285. The van der Waals surface area contributed by atoms with Crippen molar-refractivity contribution >= 4 is 21.9 Å². The monoisotopic (exact) mass is 299 g/mol. The number of carboxylic acids is 1. The summed E-state index contributed by atoms with van der Waals surface area (Å²) in [5, 5.41) is 17.4. The number of nitriles is 1. The number of halogens is 1. The van der Waals surface area contributed by atoms with E-state index >= 15 is 0 Å². The second kappa shape index (κ2) is 6.11. The van der Waals surface area contributed by atoms with Gasteiger partial charge in [-0.2, -0.15) is 5.26 Å². The fraction of sp³-hybridized carbons (Fsp3) is 0.273. The van der Waals surface area contributed by atoms with Gasteiger partial charge in [-0.1, -0.05) is 0 Å². The van der Waals surface area contributed by atoms with Gasteiger partial charge in [0, 0.05) is 6.07 Å². The predicted octanol–water partition coefficient (Wildman–Crippen LogP) is 2.18. The first-order valence-electron chi connectivity index (χ1n) is 4.79. The molecule has 0 bridgehead atoms. The van der Waals surface area contributed by atoms with E-state index in [1.807, 2.05) is 6.07 Å². The van der Waals surface area contributed by atoms with Gasteiger partial charge < -0.3 is 14.6 Å². The largest absolute Gasteiger partial charge is 0.490 e. The molecule has 0 aliphatic rings. The molecule has 0 fully saturated rings. The summed E-state index contributed by atoms with van der Waals surface area (Å²) >= 11 is 3.21. The van der Waals surface area contributed by atoms with Crippen LogP contribution in [0.4, 0.5) is 0 Å². The minimum Gasteiger partial charge on any atom is -0.490 e. The Morgan fingerprint density at radius 2 is 2.24 bits per heavy atom. The number of benzene rings is 1. The zero-order chi connectivity index (χ0) is 12.8. The molecular formula is C11H10BrNO4. The molecule has 0 amide bonds. The molecule has 0 aliphatic heterocycles. The molecular weight excluding hydrogens is 290 g/mol. The van der Waals surface area contributed by atoms with Crippen LogP contribution in [-0.4, -0.2) is 24.3 Å². The highest BCUT2D eigenvalue weighted by molar-refractivity contribution is 9.10. The van der Waals surface area contributed by atoms with Gasteiger partial charge in [-0.25, -0.2) is 4.79 Å². The van der Waals surface area contributed by atoms with E-state index < -0.39 is 12.6 Å². The summed E-state index contributed by atoms with van der Waals surface area (Å²) < 4.78 is 10.9. The van der Waals surface area contributed by atoms with E-state index in [9.17, 15) is 4.79 Å². The third kappa shape index (κ3) is 3.64. The van der Waals surface area contributed by atoms with Crippen molar-refractivity contribution < 1.29 is 19.4 Å². The molecule has 17 heavy (non-hydrogen) atoms. The van der Waals surface area contributed by atoms with Crippen LogP contribution in [0.2, 0.25) is 0 Å². The smallest absolute Gasteiger partial charge is 0.341 e. The van der Waals surface area contributed by atoms with Crippen LogP contribution in [0.25, 0.3) is 0 Å². The first kappa shape index (κ1) is 13.3. The molecule has 5 nitrogen and oxygen atoms in total. The molecule has 0 aromatic heterocycles. The van der Waals surface area contributed by atoms with Crippen LogP contribution >= 0.6 is 15.9 Å². The number of carbonyl (C=O) groups is 1. The second-order valence-electron chi connectivity index (χ2n) is 3.01. The summed E-state index contributed by atoms with van der Waals surface area (Å²) in [5.74, 6) is -0.448. The number of ether oxygens (including phenoxy) is 2. The summed E-state index contributed by atoms with van der Waals surface area (Å²) in [7, 11) is 0. The maximum absolute atomic E-state index is 10.4. The fourth-order valence-corrected chi connectivity index (χ4v) is 1.73. The van der Waals surface area contributed by atoms with Crippen LogP contribution in [0.1, 0.15) is 12.5 Å². The van der Waals surface area contributed by atoms with Crippen molar-refractivity contribution in [3.05, 3.63) is 22.2 Å². The molecule has 1 aromatic carbocycles. The van der Waals surface area contributed by atoms with Crippen LogP contribution in [0, 0.1) is 11.3 Å². The fourth-order valence-electron chi connectivity index (χ4n) is 1.17. The number of hydrogen-bond acceptors (Lipinski definition) is 4. The summed E-state index contributed by atoms with van der Waals surface area (Å²) in [5.41, 5.74) is 0.406. The summed E-state index contributed by atoms with van der Waals surface area (Å²) in [6.07, 6.45) is 0. The average Bonchev–Trinajstić information content (AvgIpc) is 2.27. The molecule has 0 aliphatic carbocycles. The predicted molar refractivity (Wildman–Crippen MR) is 63.2 cm³/mol. The molecule has 0 heterocycles. The van der Waals surface area contributed by atoms with Crippen molar-refractivity contribution in [2.24, 2.45) is 0 Å². The Kier molecular flexibility index (Phi) is 4.79. The van der Waals surface area contributed by atoms with Crippen molar-refractivity contribution in [2.45, 2.75) is 6.92 Å². The van der Waals surface area contributed by atoms with E-state index in [0.29, 0.717) is 22.4 Å². The van der Waals surface area contributed by atoms with Crippen molar-refractivity contribution in [2.75, 3.05) is 13.2 Å². The van der Waals surface area contributed by atoms with Crippen LogP contribution in [0.15, 0.2) is 16.6 Å². The maximum atomic E-state index is 10.4. The van der Waals surface area contributed by atoms with Crippen molar-refractivity contribution in [1.29, 1.82) is 5.26 Å². The molecule has 1 aromatic rings. The highest BCUT2D eigenvalue weighted by atomic mass is 79.9. The second-order valence-corrected chi connectivity index (χ2v) is 3.87. The molecule has 0 radical (unpaired) electrons. The molecule has 90 valence electrons. The topological polar surface area (TPSA) is 79.5 Å². The van der Waals surface area contributed by atoms with Gasteiger partial charge in [0.2, 0.25) is 0 Å². The first-order chi connectivity index (χ1) is 8.08. The van der Waals surface area contributed by atoms with Crippen molar-refractivity contribution in [3.8, 4) is 17.6 Å². The lowest BCUT2D eigenvalue weighted by Crippen LogP contribution is -2.10. The summed E-state index contributed by atoms with van der Waals surface area (Å²) in [4.78, 5) is 10.4. The number of nitrogens with zero attached hydrogens (tertiary/aromatic N) is 1. The molecule has 0 unspecified atom stereocenters. The first-order valence-corrected chi connectivity index (χ1v) is 5.58. The molecule has 0 saturated heterocycles. The van der Waals surface area contributed by atoms with Gasteiger partial charge in [-0.3, -0.25) is 0 Å². The molecule has 1 N–H and O–H groups in total. The molecule has 6 heteroatoms. The number of carboxylic acid groups (broad SMARTS) is 1. The van der Waals surface area contributed by atoms with Crippen LogP contribution in [0.5, 0.6) is 11.5 Å². The van der Waals surface area contributed by atoms with Crippen molar-refractivity contribution in [3.63, 3.8) is 0 Å². The maximum Gasteiger partial charge on any atom is 0.341 e. The summed E-state index contributed by atoms with van der Waals surface area (Å²) in [6.45, 7) is 1.71. The van der Waals surface area contributed by atoms with Gasteiger partial charge in [0.25, 0.3) is 0 Å². The Morgan fingerprint density at radius 1 is 1.53 bits per heavy atom. The lowest BCUT2D eigenvalue weighted by atomic mass is 10.2. The van der Waals surface area contributed by atoms with E-state index in [-0.39, 0.29) is 5.75 Å². The van der Waals surface area contributed by atoms with E-state index in [1.165, 1.54) is 6.07 Å². The third-order valence-electron chi connectivity index (χ3n) is 1.78. The van der Waals surface area contributed by atoms with Gasteiger partial charge in [-0.05, 0) is 28.9 Å². The van der Waals surface area contributed by atoms with Gasteiger partial charge in [-0.15, -0.1) is 0 Å². The van der Waals surface area contributed by atoms with Gasteiger partial charge in [0.05, 0.1) is 22.7 Å². The highest BCUT2D eigenvalue weighted by Gasteiger charge is 2.13. The number of rotatable bonds is 5. The lowest BCUT2D eigenvalue weighted by Gasteiger charge is -2.12. The van der Waals surface area contributed by atoms with Crippen LogP contribution < -0.4 is 9.47 Å². The molecule has 1 rings (SSSR count).